The Morgan fingerprint density at radius 3 is 2.67 bits per heavy atom. The fourth-order valence-corrected chi connectivity index (χ4v) is 5.67. The molecule has 1 fully saturated rings. The molecule has 4 rings (SSSR count). The highest BCUT2D eigenvalue weighted by Crippen LogP contribution is 2.33. The molecule has 0 amide bonds. The number of fused-ring (bicyclic) bond motifs is 1. The van der Waals surface area contributed by atoms with E-state index in [1.807, 2.05) is 12.1 Å². The number of aromatic nitrogens is 2. The zero-order chi connectivity index (χ0) is 21.1. The lowest BCUT2D eigenvalue weighted by molar-refractivity contribution is 0.268. The van der Waals surface area contributed by atoms with Crippen molar-refractivity contribution in [3.8, 4) is 0 Å². The fourth-order valence-electron chi connectivity index (χ4n) is 4.36. The van der Waals surface area contributed by atoms with Gasteiger partial charge in [-0.3, -0.25) is 4.21 Å². The Bertz CT molecular complexity index is 897. The number of nitrogen functional groups attached to an aromatic ring is 1. The molecule has 7 nitrogen and oxygen atoms in total. The van der Waals surface area contributed by atoms with Crippen LogP contribution in [0, 0.1) is 0 Å². The summed E-state index contributed by atoms with van der Waals surface area (Å²) in [7, 11) is -1.08. The Labute approximate surface area is 180 Å². The van der Waals surface area contributed by atoms with Crippen LogP contribution in [0.25, 0.3) is 0 Å². The van der Waals surface area contributed by atoms with E-state index in [1.165, 1.54) is 5.56 Å². The second-order valence-electron chi connectivity index (χ2n) is 8.19. The molecule has 2 aromatic rings. The first-order valence-corrected chi connectivity index (χ1v) is 12.2. The highest BCUT2D eigenvalue weighted by molar-refractivity contribution is 7.85. The quantitative estimate of drug-likeness (QED) is 0.581. The van der Waals surface area contributed by atoms with Crippen LogP contribution in [0.3, 0.4) is 0 Å². The average Bonchev–Trinajstić information content (AvgIpc) is 3.15. The molecule has 2 aliphatic rings. The molecule has 4 N–H and O–H groups in total. The van der Waals surface area contributed by atoms with Gasteiger partial charge in [0, 0.05) is 31.0 Å². The van der Waals surface area contributed by atoms with Crippen LogP contribution in [0.15, 0.2) is 29.2 Å². The number of rotatable bonds is 7. The van der Waals surface area contributed by atoms with E-state index in [9.17, 15) is 9.32 Å². The average molecular weight is 430 g/mol. The van der Waals surface area contributed by atoms with Crippen LogP contribution >= 0.6 is 0 Å². The molecule has 162 valence electrons. The van der Waals surface area contributed by atoms with Gasteiger partial charge in [0.1, 0.15) is 10.7 Å². The Hall–Kier alpha value is -2.19. The monoisotopic (exact) mass is 429 g/mol. The third-order valence-electron chi connectivity index (χ3n) is 6.06. The lowest BCUT2D eigenvalue weighted by Crippen LogP contribution is -2.35. The Balaban J connectivity index is 1.52. The fraction of sp³-hybridized carbons (Fsp3) is 0.545. The maximum atomic E-state index is 12.5. The van der Waals surface area contributed by atoms with Crippen molar-refractivity contribution >= 4 is 28.3 Å². The number of piperidine rings is 1. The van der Waals surface area contributed by atoms with E-state index >= 15 is 0 Å². The lowest BCUT2D eigenvalue weighted by Gasteiger charge is -2.33. The number of nitrogens with one attached hydrogen (secondary N) is 1. The van der Waals surface area contributed by atoms with E-state index in [2.05, 4.69) is 29.3 Å². The molecule has 0 bridgehead atoms. The van der Waals surface area contributed by atoms with Gasteiger partial charge in [-0.25, -0.2) is 4.98 Å². The molecule has 30 heavy (non-hydrogen) atoms. The van der Waals surface area contributed by atoms with E-state index in [1.54, 1.807) is 0 Å². The van der Waals surface area contributed by atoms with Crippen molar-refractivity contribution in [1.29, 1.82) is 0 Å². The molecule has 1 aromatic carbocycles. The number of aliphatic hydroxyl groups is 1. The first kappa shape index (κ1) is 21.1. The predicted octanol–water partition coefficient (Wildman–Crippen LogP) is 2.68. The highest BCUT2D eigenvalue weighted by Gasteiger charge is 2.29. The number of anilines is 3. The maximum absolute atomic E-state index is 12.5. The topological polar surface area (TPSA) is 104 Å². The molecule has 0 radical (unpaired) electrons. The van der Waals surface area contributed by atoms with Crippen molar-refractivity contribution < 1.29 is 9.32 Å². The number of aryl methyl sites for hydroxylation is 1. The minimum absolute atomic E-state index is 0.0293. The van der Waals surface area contributed by atoms with E-state index < -0.39 is 10.8 Å². The van der Waals surface area contributed by atoms with Gasteiger partial charge in [0.15, 0.2) is 0 Å². The minimum atomic E-state index is -1.08. The standard InChI is InChI=1S/C22H31N5O2S/c1-2-3-18(14-28)24-21-20-19(10-13-30(20)29)25-22(26-21)27-11-8-16(9-12-27)15-4-6-17(23)7-5-15/h4-7,16,18,28H,2-3,8-14,23H2,1H3,(H,24,25,26)/t18-,30?/m1/s1. The van der Waals surface area contributed by atoms with Crippen LogP contribution < -0.4 is 16.0 Å². The van der Waals surface area contributed by atoms with Crippen LogP contribution in [0.4, 0.5) is 17.5 Å². The first-order chi connectivity index (χ1) is 14.6. The van der Waals surface area contributed by atoms with Gasteiger partial charge < -0.3 is 21.1 Å². The molecule has 1 saturated heterocycles. The maximum Gasteiger partial charge on any atom is 0.227 e. The largest absolute Gasteiger partial charge is 0.399 e. The Kier molecular flexibility index (Phi) is 6.53. The molecule has 0 saturated carbocycles. The predicted molar refractivity (Wildman–Crippen MR) is 121 cm³/mol. The van der Waals surface area contributed by atoms with E-state index in [-0.39, 0.29) is 12.6 Å². The first-order valence-electron chi connectivity index (χ1n) is 10.9. The van der Waals surface area contributed by atoms with Gasteiger partial charge in [0.2, 0.25) is 5.95 Å². The molecule has 3 heterocycles. The second-order valence-corrected chi connectivity index (χ2v) is 9.70. The van der Waals surface area contributed by atoms with Gasteiger partial charge in [-0.2, -0.15) is 4.98 Å². The molecule has 1 aromatic heterocycles. The molecule has 8 heteroatoms. The third kappa shape index (κ3) is 4.44. The number of nitrogens with two attached hydrogens (primary N) is 1. The van der Waals surface area contributed by atoms with E-state index in [0.717, 1.165) is 55.0 Å². The summed E-state index contributed by atoms with van der Waals surface area (Å²) in [6.07, 6.45) is 4.58. The van der Waals surface area contributed by atoms with Gasteiger partial charge in [0.25, 0.3) is 0 Å². The lowest BCUT2D eigenvalue weighted by atomic mass is 9.89. The molecule has 2 aliphatic heterocycles. The normalized spacial score (nSPS) is 20.2. The van der Waals surface area contributed by atoms with Crippen molar-refractivity contribution in [2.45, 2.75) is 55.9 Å². The molecule has 2 atom stereocenters. The SMILES string of the molecule is CCC[C@H](CO)Nc1nc(N2CCC(c3ccc(N)cc3)CC2)nc2c1S(=O)CC2. The molecule has 0 spiro atoms. The number of nitrogens with zero attached hydrogens (tertiary/aromatic N) is 3. The zero-order valence-electron chi connectivity index (χ0n) is 17.5. The van der Waals surface area contributed by atoms with Crippen LogP contribution in [0.2, 0.25) is 0 Å². The summed E-state index contributed by atoms with van der Waals surface area (Å²) >= 11 is 0. The number of benzene rings is 1. The minimum Gasteiger partial charge on any atom is -0.399 e. The van der Waals surface area contributed by atoms with Crippen molar-refractivity contribution in [3.63, 3.8) is 0 Å². The number of hydrogen-bond acceptors (Lipinski definition) is 7. The highest BCUT2D eigenvalue weighted by atomic mass is 32.2. The molecular formula is C22H31N5O2S. The molecule has 1 unspecified atom stereocenters. The summed E-state index contributed by atoms with van der Waals surface area (Å²) in [5.74, 6) is 2.46. The van der Waals surface area contributed by atoms with Gasteiger partial charge in [-0.1, -0.05) is 25.5 Å². The van der Waals surface area contributed by atoms with Crippen LogP contribution in [0.1, 0.15) is 49.8 Å². The van der Waals surface area contributed by atoms with Crippen LogP contribution in [-0.4, -0.2) is 50.8 Å². The summed E-state index contributed by atoms with van der Waals surface area (Å²) in [6, 6.07) is 8.10. The third-order valence-corrected chi connectivity index (χ3v) is 7.52. The van der Waals surface area contributed by atoms with Crippen molar-refractivity contribution in [1.82, 2.24) is 9.97 Å². The van der Waals surface area contributed by atoms with Gasteiger partial charge >= 0.3 is 0 Å². The van der Waals surface area contributed by atoms with E-state index in [4.69, 9.17) is 15.7 Å². The van der Waals surface area contributed by atoms with Crippen molar-refractivity contribution in [2.24, 2.45) is 0 Å². The number of aliphatic hydroxyl groups excluding tert-OH is 1. The number of hydrogen-bond donors (Lipinski definition) is 3. The van der Waals surface area contributed by atoms with Crippen LogP contribution in [-0.2, 0) is 17.2 Å². The summed E-state index contributed by atoms with van der Waals surface area (Å²) < 4.78 is 12.5. The second kappa shape index (κ2) is 9.31. The smallest absolute Gasteiger partial charge is 0.227 e. The van der Waals surface area contributed by atoms with Crippen LogP contribution in [0.5, 0.6) is 0 Å². The summed E-state index contributed by atoms with van der Waals surface area (Å²) in [5, 5.41) is 13.1. The van der Waals surface area contributed by atoms with E-state index in [0.29, 0.717) is 29.9 Å². The zero-order valence-corrected chi connectivity index (χ0v) is 18.3. The van der Waals surface area contributed by atoms with Crippen molar-refractivity contribution in [2.75, 3.05) is 41.4 Å². The summed E-state index contributed by atoms with van der Waals surface area (Å²) in [6.45, 7) is 3.88. The summed E-state index contributed by atoms with van der Waals surface area (Å²) in [5.41, 5.74) is 8.83. The Morgan fingerprint density at radius 1 is 1.27 bits per heavy atom. The van der Waals surface area contributed by atoms with Gasteiger partial charge in [0.05, 0.1) is 29.1 Å². The molecular weight excluding hydrogens is 398 g/mol. The van der Waals surface area contributed by atoms with Gasteiger partial charge in [-0.15, -0.1) is 0 Å². The Morgan fingerprint density at radius 2 is 2.00 bits per heavy atom. The summed E-state index contributed by atoms with van der Waals surface area (Å²) in [4.78, 5) is 12.5. The van der Waals surface area contributed by atoms with Crippen molar-refractivity contribution in [3.05, 3.63) is 35.5 Å². The van der Waals surface area contributed by atoms with Gasteiger partial charge in [-0.05, 0) is 42.9 Å². The molecule has 0 aliphatic carbocycles.